The zero-order chi connectivity index (χ0) is 14.2. The first kappa shape index (κ1) is 15.0. The summed E-state index contributed by atoms with van der Waals surface area (Å²) in [7, 11) is 0.481. The van der Waals surface area contributed by atoms with Gasteiger partial charge in [0, 0.05) is 5.39 Å². The minimum atomic E-state index is 0. The molecule has 0 spiro atoms. The van der Waals surface area contributed by atoms with Crippen LogP contribution in [-0.2, 0) is 0 Å². The van der Waals surface area contributed by atoms with Gasteiger partial charge in [0.2, 0.25) is 7.69 Å². The first-order valence-corrected chi connectivity index (χ1v) is 6.81. The predicted octanol–water partition coefficient (Wildman–Crippen LogP) is 0.424. The van der Waals surface area contributed by atoms with Crippen LogP contribution in [0.1, 0.15) is 0 Å². The summed E-state index contributed by atoms with van der Waals surface area (Å²) in [5.41, 5.74) is 0. The fourth-order valence-corrected chi connectivity index (χ4v) is 2.92. The Balaban J connectivity index is 0.00000144. The van der Waals surface area contributed by atoms with E-state index in [-0.39, 0.29) is 18.9 Å². The van der Waals surface area contributed by atoms with Gasteiger partial charge in [0.1, 0.15) is 5.75 Å². The Morgan fingerprint density at radius 2 is 1.41 bits per heavy atom. The summed E-state index contributed by atoms with van der Waals surface area (Å²) in [6.07, 6.45) is 0. The minimum absolute atomic E-state index is 0. The van der Waals surface area contributed by atoms with Crippen LogP contribution in [0.3, 0.4) is 0 Å². The third-order valence-corrected chi connectivity index (χ3v) is 3.86. The number of benzene rings is 4. The maximum Gasteiger partial charge on any atom is 1.00 e. The van der Waals surface area contributed by atoms with E-state index in [0.29, 0.717) is 13.4 Å². The van der Waals surface area contributed by atoms with Gasteiger partial charge in [-0.1, -0.05) is 48.5 Å². The topological polar surface area (TPSA) is 32.3 Å². The SMILES string of the molecule is [Li+].[O-][B]Oc1cccc2ccc3cc4ccccc4cc3c12. The van der Waals surface area contributed by atoms with Gasteiger partial charge in [-0.3, -0.25) is 0 Å². The van der Waals surface area contributed by atoms with Gasteiger partial charge in [0.25, 0.3) is 0 Å². The maximum atomic E-state index is 10.7. The van der Waals surface area contributed by atoms with Gasteiger partial charge in [-0.2, -0.15) is 0 Å². The second kappa shape index (κ2) is 6.06. The van der Waals surface area contributed by atoms with Crippen molar-refractivity contribution in [3.05, 3.63) is 66.7 Å². The summed E-state index contributed by atoms with van der Waals surface area (Å²) < 4.78 is 5.16. The molecule has 0 heterocycles. The molecular formula is C18H11BLiO2. The van der Waals surface area contributed by atoms with Gasteiger partial charge in [-0.25, -0.2) is 0 Å². The van der Waals surface area contributed by atoms with Crippen LogP contribution in [0.4, 0.5) is 0 Å². The third-order valence-electron chi connectivity index (χ3n) is 3.86. The van der Waals surface area contributed by atoms with E-state index in [1.807, 2.05) is 30.3 Å². The normalized spacial score (nSPS) is 10.6. The van der Waals surface area contributed by atoms with Crippen LogP contribution in [0, 0.1) is 0 Å². The van der Waals surface area contributed by atoms with Crippen molar-refractivity contribution in [1.29, 1.82) is 0 Å². The zero-order valence-corrected chi connectivity index (χ0v) is 12.2. The molecule has 0 amide bonds. The van der Waals surface area contributed by atoms with E-state index in [1.54, 1.807) is 0 Å². The molecule has 22 heavy (non-hydrogen) atoms. The van der Waals surface area contributed by atoms with E-state index >= 15 is 0 Å². The Labute approximate surface area is 141 Å². The standard InChI is InChI=1S/C18H11BO2.Li/c20-19-21-17-7-3-6-12-8-9-15-10-13-4-1-2-5-14(13)11-16(15)18(12)17;/h1-11H;/q-1;+1. The van der Waals surface area contributed by atoms with Crippen molar-refractivity contribution in [2.24, 2.45) is 0 Å². The molecule has 0 atom stereocenters. The number of rotatable bonds is 2. The van der Waals surface area contributed by atoms with Crippen LogP contribution in [0.5, 0.6) is 5.75 Å². The third kappa shape index (κ3) is 2.38. The second-order valence-electron chi connectivity index (χ2n) is 5.05. The zero-order valence-electron chi connectivity index (χ0n) is 12.2. The van der Waals surface area contributed by atoms with E-state index in [2.05, 4.69) is 36.4 Å². The summed E-state index contributed by atoms with van der Waals surface area (Å²) in [6, 6.07) is 22.5. The molecule has 0 fully saturated rings. The first-order valence-electron chi connectivity index (χ1n) is 6.81. The minimum Gasteiger partial charge on any atom is -0.850 e. The molecule has 4 heteroatoms. The Hall–Kier alpha value is -1.92. The molecule has 0 aliphatic rings. The molecule has 1 radical (unpaired) electrons. The van der Waals surface area contributed by atoms with Crippen molar-refractivity contribution in [3.8, 4) is 5.75 Å². The average molecular weight is 277 g/mol. The van der Waals surface area contributed by atoms with Crippen LogP contribution in [0.15, 0.2) is 66.7 Å². The van der Waals surface area contributed by atoms with Crippen molar-refractivity contribution in [2.75, 3.05) is 0 Å². The fraction of sp³-hybridized carbons (Fsp3) is 0. The molecule has 2 nitrogen and oxygen atoms in total. The first-order chi connectivity index (χ1) is 10.4. The Morgan fingerprint density at radius 3 is 2.18 bits per heavy atom. The second-order valence-corrected chi connectivity index (χ2v) is 5.05. The molecule has 0 aliphatic carbocycles. The molecule has 4 aromatic rings. The molecule has 0 aromatic heterocycles. The van der Waals surface area contributed by atoms with Crippen molar-refractivity contribution >= 4 is 40.0 Å². The van der Waals surface area contributed by atoms with Crippen LogP contribution in [0.25, 0.3) is 32.3 Å². The van der Waals surface area contributed by atoms with E-state index in [9.17, 15) is 5.02 Å². The van der Waals surface area contributed by atoms with Gasteiger partial charge in [0.15, 0.2) is 0 Å². The van der Waals surface area contributed by atoms with Gasteiger partial charge in [0.05, 0.1) is 0 Å². The van der Waals surface area contributed by atoms with E-state index in [1.165, 1.54) is 10.8 Å². The van der Waals surface area contributed by atoms with Gasteiger partial charge in [-0.15, -0.1) is 0 Å². The van der Waals surface area contributed by atoms with Crippen LogP contribution in [0.2, 0.25) is 0 Å². The largest absolute Gasteiger partial charge is 1.00 e. The Kier molecular flexibility index (Phi) is 4.13. The average Bonchev–Trinajstić information content (AvgIpc) is 2.53. The van der Waals surface area contributed by atoms with Crippen LogP contribution >= 0.6 is 0 Å². The van der Waals surface area contributed by atoms with E-state index < -0.39 is 0 Å². The summed E-state index contributed by atoms with van der Waals surface area (Å²) in [5, 5.41) is 17.4. The number of hydrogen-bond donors (Lipinski definition) is 0. The molecule has 4 aromatic carbocycles. The summed E-state index contributed by atoms with van der Waals surface area (Å²) in [4.78, 5) is 0. The molecule has 99 valence electrons. The Morgan fingerprint density at radius 1 is 0.727 bits per heavy atom. The predicted molar refractivity (Wildman–Crippen MR) is 85.3 cm³/mol. The molecule has 0 N–H and O–H groups in total. The van der Waals surface area contributed by atoms with Crippen molar-refractivity contribution in [2.45, 2.75) is 0 Å². The van der Waals surface area contributed by atoms with Crippen LogP contribution < -0.4 is 28.5 Å². The molecule has 0 saturated carbocycles. The summed E-state index contributed by atoms with van der Waals surface area (Å²) >= 11 is 0. The van der Waals surface area contributed by atoms with E-state index in [0.717, 1.165) is 21.5 Å². The van der Waals surface area contributed by atoms with Crippen molar-refractivity contribution in [3.63, 3.8) is 0 Å². The van der Waals surface area contributed by atoms with Crippen molar-refractivity contribution < 1.29 is 28.5 Å². The van der Waals surface area contributed by atoms with Gasteiger partial charge in [-0.05, 0) is 45.1 Å². The number of hydrogen-bond acceptors (Lipinski definition) is 2. The maximum absolute atomic E-state index is 10.7. The van der Waals surface area contributed by atoms with E-state index in [4.69, 9.17) is 4.65 Å². The molecule has 4 rings (SSSR count). The molecule has 0 unspecified atom stereocenters. The molecule has 0 bridgehead atoms. The summed E-state index contributed by atoms with van der Waals surface area (Å²) in [5.74, 6) is 0.600. The molecule has 0 saturated heterocycles. The van der Waals surface area contributed by atoms with Crippen molar-refractivity contribution in [1.82, 2.24) is 0 Å². The van der Waals surface area contributed by atoms with Gasteiger partial charge >= 0.3 is 18.9 Å². The smallest absolute Gasteiger partial charge is 0.850 e. The Bertz CT molecular complexity index is 969. The van der Waals surface area contributed by atoms with Gasteiger partial charge < -0.3 is 9.68 Å². The fourth-order valence-electron chi connectivity index (χ4n) is 2.92. The molecule has 0 aliphatic heterocycles. The van der Waals surface area contributed by atoms with Crippen LogP contribution in [-0.4, -0.2) is 7.69 Å². The number of fused-ring (bicyclic) bond motifs is 4. The quantitative estimate of drug-likeness (QED) is 0.302. The summed E-state index contributed by atoms with van der Waals surface area (Å²) in [6.45, 7) is 0. The molecular weight excluding hydrogens is 266 g/mol. The monoisotopic (exact) mass is 277 g/mol.